The van der Waals surface area contributed by atoms with E-state index in [1.807, 2.05) is 78.9 Å². The predicted molar refractivity (Wildman–Crippen MR) is 286 cm³/mol. The van der Waals surface area contributed by atoms with Crippen molar-refractivity contribution < 1.29 is 38.3 Å². The highest BCUT2D eigenvalue weighted by Crippen LogP contribution is 2.67. The van der Waals surface area contributed by atoms with Crippen molar-refractivity contribution in [3.05, 3.63) is 140 Å². The molecule has 13 heteroatoms. The van der Waals surface area contributed by atoms with Gasteiger partial charge in [-0.05, 0) is 132 Å². The van der Waals surface area contributed by atoms with E-state index < -0.39 is 47.0 Å². The smallest absolute Gasteiger partial charge is 0.408 e. The van der Waals surface area contributed by atoms with Crippen molar-refractivity contribution in [3.63, 3.8) is 0 Å². The van der Waals surface area contributed by atoms with Gasteiger partial charge in [0.05, 0.1) is 34.0 Å². The van der Waals surface area contributed by atoms with E-state index in [-0.39, 0.29) is 36.8 Å². The Labute approximate surface area is 442 Å². The van der Waals surface area contributed by atoms with Crippen LogP contribution in [-0.2, 0) is 24.5 Å². The van der Waals surface area contributed by atoms with Gasteiger partial charge in [-0.2, -0.15) is 0 Å². The van der Waals surface area contributed by atoms with Gasteiger partial charge in [0.15, 0.2) is 6.23 Å². The predicted octanol–water partition coefficient (Wildman–Crippen LogP) is 10.1. The third-order valence-electron chi connectivity index (χ3n) is 19.0. The number of ether oxygens (including phenoxy) is 6. The molecule has 10 rings (SSSR count). The Bertz CT molecular complexity index is 2840. The minimum Gasteiger partial charge on any atom is -0.497 e. The van der Waals surface area contributed by atoms with E-state index in [1.54, 1.807) is 14.2 Å². The summed E-state index contributed by atoms with van der Waals surface area (Å²) in [6, 6.07) is 25.0. The third kappa shape index (κ3) is 9.79. The van der Waals surface area contributed by atoms with E-state index in [4.69, 9.17) is 28.4 Å². The van der Waals surface area contributed by atoms with E-state index in [1.165, 1.54) is 61.3 Å². The second-order valence-corrected chi connectivity index (χ2v) is 23.5. The molecule has 3 aromatic carbocycles. The lowest BCUT2D eigenvalue weighted by Crippen LogP contribution is -2.51. The minimum atomic E-state index is -1.41. The molecule has 6 aliphatic rings. The molecule has 4 aromatic rings. The molecule has 12 atom stereocenters. The number of hydrogen-bond donors (Lipinski definition) is 3. The van der Waals surface area contributed by atoms with Crippen molar-refractivity contribution in [2.45, 2.75) is 141 Å². The van der Waals surface area contributed by atoms with E-state index in [0.717, 1.165) is 72.0 Å². The van der Waals surface area contributed by atoms with Crippen molar-refractivity contribution in [1.29, 1.82) is 0 Å². The van der Waals surface area contributed by atoms with Crippen LogP contribution in [0.3, 0.4) is 0 Å². The maximum Gasteiger partial charge on any atom is 0.408 e. The lowest BCUT2D eigenvalue weighted by atomic mass is 9.47. The van der Waals surface area contributed by atoms with Crippen molar-refractivity contribution >= 4 is 6.09 Å². The summed E-state index contributed by atoms with van der Waals surface area (Å²) in [4.78, 5) is 42.2. The fourth-order valence-electron chi connectivity index (χ4n) is 15.0. The molecule has 2 aliphatic heterocycles. The molecule has 13 nitrogen and oxygen atoms in total. The van der Waals surface area contributed by atoms with Crippen LogP contribution in [0.1, 0.15) is 134 Å². The summed E-state index contributed by atoms with van der Waals surface area (Å²) < 4.78 is 38.1. The summed E-state index contributed by atoms with van der Waals surface area (Å²) in [6.07, 6.45) is 12.9. The van der Waals surface area contributed by atoms with E-state index in [0.29, 0.717) is 22.8 Å². The van der Waals surface area contributed by atoms with Gasteiger partial charge in [-0.3, -0.25) is 14.3 Å². The Morgan fingerprint density at radius 1 is 0.893 bits per heavy atom. The Morgan fingerprint density at radius 2 is 1.59 bits per heavy atom. The first-order valence-electron chi connectivity index (χ1n) is 27.6. The first kappa shape index (κ1) is 52.8. The first-order valence-corrected chi connectivity index (χ1v) is 27.6. The lowest BCUT2D eigenvalue weighted by Gasteiger charge is -2.58. The molecule has 3 heterocycles. The van der Waals surface area contributed by atoms with Crippen LogP contribution in [0.25, 0.3) is 0 Å². The van der Waals surface area contributed by atoms with Crippen molar-refractivity contribution in [2.24, 2.45) is 46.3 Å². The second kappa shape index (κ2) is 21.4. The Morgan fingerprint density at radius 3 is 2.27 bits per heavy atom. The van der Waals surface area contributed by atoms with Gasteiger partial charge < -0.3 is 38.8 Å². The number of benzene rings is 3. The maximum atomic E-state index is 13.5. The van der Waals surface area contributed by atoms with Gasteiger partial charge in [0, 0.05) is 12.6 Å². The van der Waals surface area contributed by atoms with Gasteiger partial charge in [0.1, 0.15) is 46.6 Å². The van der Waals surface area contributed by atoms with Gasteiger partial charge in [0.2, 0.25) is 0 Å². The highest BCUT2D eigenvalue weighted by molar-refractivity contribution is 5.68. The average molecular weight is 1020 g/mol. The van der Waals surface area contributed by atoms with Crippen LogP contribution in [-0.4, -0.2) is 78.6 Å². The van der Waals surface area contributed by atoms with Crippen LogP contribution in [0.5, 0.6) is 11.5 Å². The van der Waals surface area contributed by atoms with Crippen LogP contribution >= 0.6 is 0 Å². The Kier molecular flexibility index (Phi) is 15.1. The van der Waals surface area contributed by atoms with Crippen molar-refractivity contribution in [1.82, 2.24) is 14.9 Å². The normalized spacial score (nSPS) is 31.0. The van der Waals surface area contributed by atoms with Crippen molar-refractivity contribution in [3.8, 4) is 23.3 Å². The number of fused-ring (bicyclic) bond motifs is 7. The summed E-state index contributed by atoms with van der Waals surface area (Å²) in [5.41, 5.74) is 0.321. The number of allylic oxidation sites excluding steroid dienone is 1. The molecule has 0 radical (unpaired) electrons. The monoisotopic (exact) mass is 1020 g/mol. The number of H-pyrrole nitrogens is 1. The summed E-state index contributed by atoms with van der Waals surface area (Å²) in [7, 11) is 3.22. The minimum absolute atomic E-state index is 0.0184. The molecule has 75 heavy (non-hydrogen) atoms. The Hall–Kier alpha value is -5.65. The number of carbonyl (C=O) groups excluding carboxylic acids is 1. The quantitative estimate of drug-likeness (QED) is 0.0560. The molecule has 1 amide bonds. The second-order valence-electron chi connectivity index (χ2n) is 23.5. The fraction of sp³-hybridized carbons (Fsp3) is 0.565. The van der Waals surface area contributed by atoms with Gasteiger partial charge >= 0.3 is 11.8 Å². The van der Waals surface area contributed by atoms with Crippen LogP contribution in [0.4, 0.5) is 4.79 Å². The number of methoxy groups -OCH3 is 2. The van der Waals surface area contributed by atoms with Gasteiger partial charge in [-0.25, -0.2) is 9.59 Å². The molecular formula is C62H77N3O10. The molecule has 2 bridgehead atoms. The number of carbonyl (C=O) groups is 1. The zero-order valence-electron chi connectivity index (χ0n) is 44.9. The summed E-state index contributed by atoms with van der Waals surface area (Å²) in [5, 5.41) is 14.6. The van der Waals surface area contributed by atoms with Crippen molar-refractivity contribution in [2.75, 3.05) is 34.0 Å². The number of aliphatic hydroxyl groups excluding tert-OH is 1. The van der Waals surface area contributed by atoms with E-state index in [2.05, 4.69) is 62.8 Å². The number of amides is 1. The van der Waals surface area contributed by atoms with Crippen LogP contribution < -0.4 is 26.0 Å². The molecule has 3 N–H and O–H groups in total. The zero-order chi connectivity index (χ0) is 52.7. The van der Waals surface area contributed by atoms with Gasteiger partial charge in [0.25, 0.3) is 5.56 Å². The molecule has 0 unspecified atom stereocenters. The summed E-state index contributed by atoms with van der Waals surface area (Å²) in [6.45, 7) is 12.1. The fourth-order valence-corrected chi connectivity index (χ4v) is 15.0. The number of nitrogens with zero attached hydrogens (tertiary/aromatic N) is 1. The molecule has 5 fully saturated rings. The number of alkyl carbamates (subject to hydrolysis) is 1. The highest BCUT2D eigenvalue weighted by Gasteiger charge is 2.63. The van der Waals surface area contributed by atoms with Gasteiger partial charge in [-0.15, -0.1) is 0 Å². The molecule has 400 valence electrons. The molecule has 0 spiro atoms. The topological polar surface area (TPSA) is 160 Å². The van der Waals surface area contributed by atoms with Crippen LogP contribution in [0.15, 0.2) is 106 Å². The summed E-state index contributed by atoms with van der Waals surface area (Å²) in [5.74, 6) is 11.6. The number of rotatable bonds is 16. The number of hydrogen-bond acceptors (Lipinski definition) is 10. The van der Waals surface area contributed by atoms with Gasteiger partial charge in [-0.1, -0.05) is 132 Å². The van der Waals surface area contributed by atoms with E-state index in [9.17, 15) is 19.5 Å². The standard InChI is InChI=1S/C62H77N3O10/c1-39(2)13-11-14-40(3)50-28-29-51-49-27-22-45-35-48(30-32-59(45,4)52(49)31-33-60(50,51)5)74-58(69)63-34-12-15-41-36-65(57(68)64-55(41)67)56-53-54(66)61(75-56,37-72-53)38-73-62(42-16-9-8-10-17-42,43-18-23-46(70-6)24-19-43)44-20-25-47(71-7)26-21-44/h8-10,16-26,36,39-40,48-54,56,66H,11,13-14,27-35,37-38H2,1-7H3,(H,63,69)(H,64,67,68)/t40-,48+,49+,50-,51+,52+,53-,54+,56-,59+,60-,61-/m1/s1. The maximum absolute atomic E-state index is 13.5. The molecule has 4 aliphatic carbocycles. The number of aromatic nitrogens is 2. The molecule has 2 saturated heterocycles. The first-order chi connectivity index (χ1) is 36.1. The zero-order valence-corrected chi connectivity index (χ0v) is 44.9. The van der Waals surface area contributed by atoms with Crippen LogP contribution in [0, 0.1) is 58.2 Å². The molecular weight excluding hydrogens is 947 g/mol. The average Bonchev–Trinajstić information content (AvgIpc) is 4.06. The third-order valence-corrected chi connectivity index (χ3v) is 19.0. The van der Waals surface area contributed by atoms with E-state index >= 15 is 0 Å². The number of aromatic amines is 1. The molecule has 1 aromatic heterocycles. The largest absolute Gasteiger partial charge is 0.497 e. The highest BCUT2D eigenvalue weighted by atomic mass is 16.7. The SMILES string of the molecule is COc1ccc(C(OC[C@@]23CO[C@@H]([C@H](n4cc(C#CCNC(=O)O[C@H]5CC[C@@]6(C)C(=CC[C@H]7[C@@H]8CC[C@H]([C@H](C)CCCC(C)C)[C@@]8(C)CC[C@@H]76)C5)c(=O)[nH]c4=O)O2)[C@@H]3O)(c2ccccc2)c2ccc(OC)cc2)cc1. The lowest BCUT2D eigenvalue weighted by molar-refractivity contribution is -0.204. The summed E-state index contributed by atoms with van der Waals surface area (Å²) >= 11 is 0. The number of aliphatic hydroxyl groups is 1. The number of nitrogens with one attached hydrogen (secondary N) is 2. The molecule has 3 saturated carbocycles. The van der Waals surface area contributed by atoms with Crippen LogP contribution in [0.2, 0.25) is 0 Å². The Balaban J connectivity index is 0.782.